The maximum absolute atomic E-state index is 12.0. The van der Waals surface area contributed by atoms with Gasteiger partial charge in [0.05, 0.1) is 6.54 Å². The van der Waals surface area contributed by atoms with Crippen molar-refractivity contribution in [2.45, 2.75) is 6.54 Å². The predicted octanol–water partition coefficient (Wildman–Crippen LogP) is 1.99. The predicted molar refractivity (Wildman–Crippen MR) is 77.9 cm³/mol. The molecule has 3 N–H and O–H groups in total. The lowest BCUT2D eigenvalue weighted by Gasteiger charge is -2.04. The van der Waals surface area contributed by atoms with E-state index in [2.05, 4.69) is 17.2 Å². The summed E-state index contributed by atoms with van der Waals surface area (Å²) in [4.78, 5) is 12.0. The molecular formula is C15H14N2OS. The molecule has 1 aromatic heterocycles. The number of hydrogen-bond donors (Lipinski definition) is 2. The van der Waals surface area contributed by atoms with Crippen LogP contribution in [0.1, 0.15) is 21.5 Å². The number of hydrogen-bond acceptors (Lipinski definition) is 3. The van der Waals surface area contributed by atoms with Gasteiger partial charge in [-0.15, -0.1) is 0 Å². The van der Waals surface area contributed by atoms with E-state index in [4.69, 9.17) is 5.73 Å². The summed E-state index contributed by atoms with van der Waals surface area (Å²) in [5.41, 5.74) is 7.84. The van der Waals surface area contributed by atoms with Crippen molar-refractivity contribution < 1.29 is 4.79 Å². The summed E-state index contributed by atoms with van der Waals surface area (Å²) >= 11 is 1.62. The topological polar surface area (TPSA) is 55.1 Å². The zero-order chi connectivity index (χ0) is 13.5. The van der Waals surface area contributed by atoms with Crippen molar-refractivity contribution in [3.05, 3.63) is 57.8 Å². The normalized spacial score (nSPS) is 9.53. The zero-order valence-electron chi connectivity index (χ0n) is 10.3. The van der Waals surface area contributed by atoms with Gasteiger partial charge in [0.25, 0.3) is 5.91 Å². The van der Waals surface area contributed by atoms with Crippen molar-refractivity contribution in [2.75, 3.05) is 6.54 Å². The van der Waals surface area contributed by atoms with Gasteiger partial charge in [-0.3, -0.25) is 4.79 Å². The summed E-state index contributed by atoms with van der Waals surface area (Å²) in [7, 11) is 0. The Morgan fingerprint density at radius 2 is 2.26 bits per heavy atom. The molecule has 3 nitrogen and oxygen atoms in total. The number of carbonyl (C=O) groups is 1. The Kier molecular flexibility index (Phi) is 4.73. The number of carbonyl (C=O) groups excluding carboxylic acids is 1. The van der Waals surface area contributed by atoms with Crippen LogP contribution in [0.4, 0.5) is 0 Å². The fourth-order valence-corrected chi connectivity index (χ4v) is 2.24. The summed E-state index contributed by atoms with van der Waals surface area (Å²) < 4.78 is 0. The van der Waals surface area contributed by atoms with Crippen molar-refractivity contribution in [3.63, 3.8) is 0 Å². The number of benzene rings is 1. The minimum Gasteiger partial charge on any atom is -0.348 e. The molecule has 19 heavy (non-hydrogen) atoms. The van der Waals surface area contributed by atoms with Crippen LogP contribution in [0.25, 0.3) is 0 Å². The van der Waals surface area contributed by atoms with E-state index in [0.29, 0.717) is 18.7 Å². The highest BCUT2D eigenvalue weighted by Crippen LogP contribution is 2.07. The average Bonchev–Trinajstić information content (AvgIpc) is 2.96. The lowest BCUT2D eigenvalue weighted by Crippen LogP contribution is -2.22. The molecular weight excluding hydrogens is 256 g/mol. The zero-order valence-corrected chi connectivity index (χ0v) is 11.2. The smallest absolute Gasteiger partial charge is 0.251 e. The van der Waals surface area contributed by atoms with E-state index in [9.17, 15) is 4.79 Å². The van der Waals surface area contributed by atoms with Crippen LogP contribution in [0.5, 0.6) is 0 Å². The number of amides is 1. The largest absolute Gasteiger partial charge is 0.348 e. The summed E-state index contributed by atoms with van der Waals surface area (Å²) in [6.07, 6.45) is 0. The molecule has 2 aromatic rings. The van der Waals surface area contributed by atoms with Crippen LogP contribution in [0.2, 0.25) is 0 Å². The van der Waals surface area contributed by atoms with E-state index in [1.165, 1.54) is 0 Å². The summed E-state index contributed by atoms with van der Waals surface area (Å²) in [5.74, 6) is 5.59. The summed E-state index contributed by atoms with van der Waals surface area (Å²) in [5, 5.41) is 6.89. The Balaban J connectivity index is 2.02. The van der Waals surface area contributed by atoms with Crippen molar-refractivity contribution in [3.8, 4) is 11.8 Å². The highest BCUT2D eigenvalue weighted by atomic mass is 32.1. The molecule has 0 atom stereocenters. The van der Waals surface area contributed by atoms with Crippen LogP contribution < -0.4 is 11.1 Å². The fraction of sp³-hybridized carbons (Fsp3) is 0.133. The van der Waals surface area contributed by atoms with Gasteiger partial charge >= 0.3 is 0 Å². The lowest BCUT2D eigenvalue weighted by molar-refractivity contribution is 0.0951. The van der Waals surface area contributed by atoms with E-state index in [-0.39, 0.29) is 5.91 Å². The minimum absolute atomic E-state index is 0.0948. The van der Waals surface area contributed by atoms with Gasteiger partial charge in [0.1, 0.15) is 0 Å². The van der Waals surface area contributed by atoms with Gasteiger partial charge in [-0.1, -0.05) is 17.9 Å². The molecule has 0 radical (unpaired) electrons. The van der Waals surface area contributed by atoms with Gasteiger partial charge in [0.15, 0.2) is 0 Å². The molecule has 0 aliphatic heterocycles. The number of nitrogens with two attached hydrogens (primary N) is 1. The lowest BCUT2D eigenvalue weighted by atomic mass is 10.1. The maximum Gasteiger partial charge on any atom is 0.251 e. The molecule has 4 heteroatoms. The maximum atomic E-state index is 12.0. The molecule has 0 bridgehead atoms. The molecule has 96 valence electrons. The third kappa shape index (κ3) is 3.95. The number of nitrogens with one attached hydrogen (secondary N) is 1. The van der Waals surface area contributed by atoms with Crippen molar-refractivity contribution in [2.24, 2.45) is 5.73 Å². The molecule has 0 saturated heterocycles. The first-order valence-electron chi connectivity index (χ1n) is 5.88. The first kappa shape index (κ1) is 13.3. The Hall–Kier alpha value is -2.09. The first-order chi connectivity index (χ1) is 9.29. The van der Waals surface area contributed by atoms with Crippen molar-refractivity contribution in [1.29, 1.82) is 0 Å². The highest BCUT2D eigenvalue weighted by molar-refractivity contribution is 7.07. The molecule has 0 spiro atoms. The summed E-state index contributed by atoms with van der Waals surface area (Å²) in [6, 6.07) is 9.22. The van der Waals surface area contributed by atoms with Crippen molar-refractivity contribution >= 4 is 17.2 Å². The van der Waals surface area contributed by atoms with Gasteiger partial charge in [-0.2, -0.15) is 11.3 Å². The molecule has 0 unspecified atom stereocenters. The van der Waals surface area contributed by atoms with Gasteiger partial charge in [-0.05, 0) is 40.6 Å². The average molecular weight is 270 g/mol. The van der Waals surface area contributed by atoms with Crippen LogP contribution in [0.3, 0.4) is 0 Å². The molecule has 2 rings (SSSR count). The molecule has 0 aliphatic rings. The van der Waals surface area contributed by atoms with Gasteiger partial charge < -0.3 is 11.1 Å². The first-order valence-corrected chi connectivity index (χ1v) is 6.82. The summed E-state index contributed by atoms with van der Waals surface area (Å²) in [6.45, 7) is 0.857. The Labute approximate surface area is 116 Å². The standard InChI is InChI=1S/C15H14N2OS/c16-7-2-4-12-3-1-5-14(9-12)15(18)17-10-13-6-8-19-11-13/h1,3,5-6,8-9,11H,7,10,16H2,(H,17,18). The third-order valence-electron chi connectivity index (χ3n) is 2.49. The monoisotopic (exact) mass is 270 g/mol. The van der Waals surface area contributed by atoms with Crippen LogP contribution in [-0.2, 0) is 6.54 Å². The Morgan fingerprint density at radius 3 is 3.00 bits per heavy atom. The van der Waals surface area contributed by atoms with Crippen LogP contribution in [-0.4, -0.2) is 12.5 Å². The van der Waals surface area contributed by atoms with E-state index in [1.807, 2.05) is 29.0 Å². The quantitative estimate of drug-likeness (QED) is 0.838. The number of thiophene rings is 1. The molecule has 1 heterocycles. The van der Waals surface area contributed by atoms with Crippen molar-refractivity contribution in [1.82, 2.24) is 5.32 Å². The highest BCUT2D eigenvalue weighted by Gasteiger charge is 2.05. The SMILES string of the molecule is NCC#Cc1cccc(C(=O)NCc2ccsc2)c1. The number of rotatable bonds is 3. The molecule has 0 saturated carbocycles. The molecule has 1 aromatic carbocycles. The molecule has 1 amide bonds. The van der Waals surface area contributed by atoms with Crippen LogP contribution >= 0.6 is 11.3 Å². The second-order valence-corrected chi connectivity index (χ2v) is 4.68. The van der Waals surface area contributed by atoms with Gasteiger partial charge in [-0.25, -0.2) is 0 Å². The van der Waals surface area contributed by atoms with Crippen LogP contribution in [0.15, 0.2) is 41.1 Å². The third-order valence-corrected chi connectivity index (χ3v) is 3.22. The Bertz CT molecular complexity index is 609. The van der Waals surface area contributed by atoms with E-state index in [0.717, 1.165) is 11.1 Å². The van der Waals surface area contributed by atoms with E-state index >= 15 is 0 Å². The molecule has 0 aliphatic carbocycles. The molecule has 0 fully saturated rings. The van der Waals surface area contributed by atoms with E-state index in [1.54, 1.807) is 23.5 Å². The Morgan fingerprint density at radius 1 is 1.37 bits per heavy atom. The van der Waals surface area contributed by atoms with E-state index < -0.39 is 0 Å². The van der Waals surface area contributed by atoms with Gasteiger partial charge in [0.2, 0.25) is 0 Å². The van der Waals surface area contributed by atoms with Gasteiger partial charge in [0, 0.05) is 17.7 Å². The fourth-order valence-electron chi connectivity index (χ4n) is 1.57. The second kappa shape index (κ2) is 6.74. The minimum atomic E-state index is -0.0948. The second-order valence-electron chi connectivity index (χ2n) is 3.90. The van der Waals surface area contributed by atoms with Crippen LogP contribution in [0, 0.1) is 11.8 Å².